The summed E-state index contributed by atoms with van der Waals surface area (Å²) in [7, 11) is -2.81. The van der Waals surface area contributed by atoms with Gasteiger partial charge in [0.05, 0.1) is 11.5 Å². The van der Waals surface area contributed by atoms with Crippen LogP contribution in [0.15, 0.2) is 0 Å². The number of hydrogen-bond acceptors (Lipinski definition) is 4. The Morgan fingerprint density at radius 1 is 1.11 bits per heavy atom. The standard InChI is InChI=1S/C14H28N2O2S/c1-3-13(2)4-8-16(9-5-13)14(12-15)6-10-19(17,18)11-7-14/h3-12,15H2,1-2H3. The molecule has 0 amide bonds. The van der Waals surface area contributed by atoms with Crippen molar-refractivity contribution in [3.8, 4) is 0 Å². The van der Waals surface area contributed by atoms with Crippen LogP contribution in [0.25, 0.3) is 0 Å². The molecular weight excluding hydrogens is 260 g/mol. The van der Waals surface area contributed by atoms with Crippen LogP contribution in [0.2, 0.25) is 0 Å². The Kier molecular flexibility index (Phi) is 4.29. The molecule has 0 aromatic heterocycles. The van der Waals surface area contributed by atoms with Crippen molar-refractivity contribution in [2.45, 2.75) is 51.5 Å². The Hall–Kier alpha value is -0.130. The average molecular weight is 288 g/mol. The van der Waals surface area contributed by atoms with E-state index in [1.54, 1.807) is 0 Å². The number of sulfone groups is 1. The Morgan fingerprint density at radius 3 is 2.05 bits per heavy atom. The Balaban J connectivity index is 2.04. The van der Waals surface area contributed by atoms with E-state index in [1.165, 1.54) is 19.3 Å². The van der Waals surface area contributed by atoms with Crippen molar-refractivity contribution in [1.29, 1.82) is 0 Å². The number of likely N-dealkylation sites (tertiary alicyclic amines) is 1. The van der Waals surface area contributed by atoms with Gasteiger partial charge in [0.25, 0.3) is 0 Å². The summed E-state index contributed by atoms with van der Waals surface area (Å²) in [6, 6.07) is 0. The van der Waals surface area contributed by atoms with E-state index < -0.39 is 9.84 Å². The van der Waals surface area contributed by atoms with Gasteiger partial charge in [-0.3, -0.25) is 4.90 Å². The van der Waals surface area contributed by atoms with Crippen LogP contribution in [0.4, 0.5) is 0 Å². The molecule has 2 saturated heterocycles. The fourth-order valence-electron chi connectivity index (χ4n) is 3.44. The summed E-state index contributed by atoms with van der Waals surface area (Å²) in [5.41, 5.74) is 6.43. The molecule has 2 aliphatic rings. The summed E-state index contributed by atoms with van der Waals surface area (Å²) in [6.45, 7) is 7.36. The third-order valence-corrected chi connectivity index (χ3v) is 7.28. The van der Waals surface area contributed by atoms with Gasteiger partial charge >= 0.3 is 0 Å². The van der Waals surface area contributed by atoms with Gasteiger partial charge in [-0.25, -0.2) is 8.42 Å². The lowest BCUT2D eigenvalue weighted by molar-refractivity contribution is 0.0188. The van der Waals surface area contributed by atoms with Gasteiger partial charge in [0.2, 0.25) is 0 Å². The second kappa shape index (κ2) is 5.34. The maximum Gasteiger partial charge on any atom is 0.150 e. The van der Waals surface area contributed by atoms with Crippen molar-refractivity contribution in [2.75, 3.05) is 31.1 Å². The molecule has 2 rings (SSSR count). The van der Waals surface area contributed by atoms with Crippen molar-refractivity contribution in [1.82, 2.24) is 4.90 Å². The first-order chi connectivity index (χ1) is 8.85. The van der Waals surface area contributed by atoms with Crippen LogP contribution in [0.5, 0.6) is 0 Å². The molecule has 5 heteroatoms. The molecule has 0 saturated carbocycles. The van der Waals surface area contributed by atoms with Crippen molar-refractivity contribution >= 4 is 9.84 Å². The highest BCUT2D eigenvalue weighted by molar-refractivity contribution is 7.91. The van der Waals surface area contributed by atoms with E-state index in [0.717, 1.165) is 13.1 Å². The number of piperidine rings is 1. The van der Waals surface area contributed by atoms with Crippen LogP contribution in [-0.2, 0) is 9.84 Å². The van der Waals surface area contributed by atoms with Gasteiger partial charge in [0.1, 0.15) is 9.84 Å². The van der Waals surface area contributed by atoms with E-state index in [1.807, 2.05) is 0 Å². The maximum atomic E-state index is 11.6. The van der Waals surface area contributed by atoms with Crippen LogP contribution < -0.4 is 5.73 Å². The molecule has 2 N–H and O–H groups in total. The molecule has 0 spiro atoms. The van der Waals surface area contributed by atoms with E-state index >= 15 is 0 Å². The molecule has 2 aliphatic heterocycles. The lowest BCUT2D eigenvalue weighted by Crippen LogP contribution is -2.60. The highest BCUT2D eigenvalue weighted by atomic mass is 32.2. The summed E-state index contributed by atoms with van der Waals surface area (Å²) >= 11 is 0. The van der Waals surface area contributed by atoms with E-state index in [9.17, 15) is 8.42 Å². The second-order valence-electron chi connectivity index (χ2n) is 6.73. The molecule has 4 nitrogen and oxygen atoms in total. The van der Waals surface area contributed by atoms with E-state index in [-0.39, 0.29) is 5.54 Å². The molecule has 2 fully saturated rings. The second-order valence-corrected chi connectivity index (χ2v) is 9.04. The molecule has 112 valence electrons. The zero-order chi connectivity index (χ0) is 14.1. The van der Waals surface area contributed by atoms with Gasteiger partial charge in [0, 0.05) is 12.1 Å². The van der Waals surface area contributed by atoms with Crippen molar-refractivity contribution in [3.05, 3.63) is 0 Å². The predicted octanol–water partition coefficient (Wildman–Crippen LogP) is 1.40. The van der Waals surface area contributed by atoms with Crippen LogP contribution in [0, 0.1) is 5.41 Å². The largest absolute Gasteiger partial charge is 0.329 e. The van der Waals surface area contributed by atoms with E-state index in [4.69, 9.17) is 5.73 Å². The average Bonchev–Trinajstić information content (AvgIpc) is 2.41. The maximum absolute atomic E-state index is 11.6. The molecule has 0 atom stereocenters. The zero-order valence-electron chi connectivity index (χ0n) is 12.3. The van der Waals surface area contributed by atoms with Gasteiger partial charge in [0.15, 0.2) is 0 Å². The third-order valence-electron chi connectivity index (χ3n) is 5.63. The van der Waals surface area contributed by atoms with Crippen molar-refractivity contribution in [3.63, 3.8) is 0 Å². The molecule has 0 aromatic carbocycles. The predicted molar refractivity (Wildman–Crippen MR) is 78.9 cm³/mol. The number of nitrogens with two attached hydrogens (primary N) is 1. The Morgan fingerprint density at radius 2 is 1.63 bits per heavy atom. The quantitative estimate of drug-likeness (QED) is 0.853. The van der Waals surface area contributed by atoms with Crippen LogP contribution in [0.1, 0.15) is 46.0 Å². The first-order valence-electron chi connectivity index (χ1n) is 7.50. The number of rotatable bonds is 3. The molecule has 0 radical (unpaired) electrons. The molecule has 0 aliphatic carbocycles. The van der Waals surface area contributed by atoms with Crippen molar-refractivity contribution in [2.24, 2.45) is 11.1 Å². The van der Waals surface area contributed by atoms with Gasteiger partial charge in [-0.1, -0.05) is 20.3 Å². The van der Waals surface area contributed by atoms with Crippen LogP contribution in [-0.4, -0.2) is 50.0 Å². The first-order valence-corrected chi connectivity index (χ1v) is 9.32. The Labute approximate surface area is 117 Å². The fraction of sp³-hybridized carbons (Fsp3) is 1.00. The van der Waals surface area contributed by atoms with Gasteiger partial charge < -0.3 is 5.73 Å². The minimum atomic E-state index is -2.81. The first kappa shape index (κ1) is 15.3. The number of nitrogens with zero attached hydrogens (tertiary/aromatic N) is 1. The summed E-state index contributed by atoms with van der Waals surface area (Å²) in [5.74, 6) is 0.623. The van der Waals surface area contributed by atoms with E-state index in [0.29, 0.717) is 36.3 Å². The highest BCUT2D eigenvalue weighted by Crippen LogP contribution is 2.39. The molecule has 19 heavy (non-hydrogen) atoms. The lowest BCUT2D eigenvalue weighted by atomic mass is 9.76. The zero-order valence-corrected chi connectivity index (χ0v) is 13.1. The third kappa shape index (κ3) is 3.14. The van der Waals surface area contributed by atoms with E-state index in [2.05, 4.69) is 18.7 Å². The number of hydrogen-bond donors (Lipinski definition) is 1. The minimum Gasteiger partial charge on any atom is -0.329 e. The smallest absolute Gasteiger partial charge is 0.150 e. The minimum absolute atomic E-state index is 0.0552. The topological polar surface area (TPSA) is 63.4 Å². The van der Waals surface area contributed by atoms with Gasteiger partial charge in [-0.2, -0.15) is 0 Å². The van der Waals surface area contributed by atoms with Gasteiger partial charge in [-0.15, -0.1) is 0 Å². The van der Waals surface area contributed by atoms with Crippen LogP contribution >= 0.6 is 0 Å². The summed E-state index contributed by atoms with van der Waals surface area (Å²) in [6.07, 6.45) is 5.07. The summed E-state index contributed by atoms with van der Waals surface area (Å²) < 4.78 is 23.3. The summed E-state index contributed by atoms with van der Waals surface area (Å²) in [5, 5.41) is 0. The van der Waals surface area contributed by atoms with Crippen LogP contribution in [0.3, 0.4) is 0 Å². The van der Waals surface area contributed by atoms with Gasteiger partial charge in [-0.05, 0) is 44.2 Å². The molecule has 0 unspecified atom stereocenters. The lowest BCUT2D eigenvalue weighted by Gasteiger charge is -2.50. The molecule has 2 heterocycles. The molecule has 0 bridgehead atoms. The normalized spacial score (nSPS) is 30.1. The highest BCUT2D eigenvalue weighted by Gasteiger charge is 2.43. The molecule has 0 aromatic rings. The molecular formula is C14H28N2O2S. The summed E-state index contributed by atoms with van der Waals surface area (Å²) in [4.78, 5) is 2.49. The van der Waals surface area contributed by atoms with Crippen molar-refractivity contribution < 1.29 is 8.42 Å². The SMILES string of the molecule is CCC1(C)CCN(C2(CN)CCS(=O)(=O)CC2)CC1. The fourth-order valence-corrected chi connectivity index (χ4v) is 5.03. The monoisotopic (exact) mass is 288 g/mol. The Bertz CT molecular complexity index is 397.